The van der Waals surface area contributed by atoms with Crippen molar-refractivity contribution in [3.63, 3.8) is 0 Å². The van der Waals surface area contributed by atoms with E-state index in [-0.39, 0.29) is 16.5 Å². The number of fused-ring (bicyclic) bond motifs is 1. The van der Waals surface area contributed by atoms with Gasteiger partial charge in [0.15, 0.2) is 0 Å². The largest absolute Gasteiger partial charge is 0.478 e. The Hall–Kier alpha value is -1.86. The van der Waals surface area contributed by atoms with Crippen LogP contribution in [0, 0.1) is 0 Å². The average molecular weight is 396 g/mol. The van der Waals surface area contributed by atoms with Crippen LogP contribution in [-0.4, -0.2) is 25.5 Å². The summed E-state index contributed by atoms with van der Waals surface area (Å²) in [7, 11) is -3.82. The number of halogens is 1. The number of sulfonamides is 1. The van der Waals surface area contributed by atoms with Crippen molar-refractivity contribution in [2.75, 3.05) is 4.31 Å². The molecule has 0 spiro atoms. The minimum absolute atomic E-state index is 0.0262. The third-order valence-electron chi connectivity index (χ3n) is 3.87. The third-order valence-corrected chi connectivity index (χ3v) is 6.49. The summed E-state index contributed by atoms with van der Waals surface area (Å²) in [6.45, 7) is 1.84. The number of carbonyl (C=O) groups is 1. The van der Waals surface area contributed by atoms with Gasteiger partial charge in [0.05, 0.1) is 16.1 Å². The zero-order valence-corrected chi connectivity index (χ0v) is 14.6. The molecule has 0 radical (unpaired) electrons. The van der Waals surface area contributed by atoms with E-state index < -0.39 is 16.0 Å². The van der Waals surface area contributed by atoms with Gasteiger partial charge in [-0.25, -0.2) is 13.2 Å². The lowest BCUT2D eigenvalue weighted by Crippen LogP contribution is -2.35. The second-order valence-corrected chi connectivity index (χ2v) is 8.10. The predicted molar refractivity (Wildman–Crippen MR) is 90.4 cm³/mol. The van der Waals surface area contributed by atoms with Crippen LogP contribution in [0.5, 0.6) is 0 Å². The van der Waals surface area contributed by atoms with Crippen LogP contribution in [0.3, 0.4) is 0 Å². The molecular weight excluding hydrogens is 382 g/mol. The van der Waals surface area contributed by atoms with Crippen LogP contribution >= 0.6 is 15.9 Å². The molecule has 0 amide bonds. The van der Waals surface area contributed by atoms with Crippen molar-refractivity contribution in [2.45, 2.75) is 24.3 Å². The van der Waals surface area contributed by atoms with Crippen molar-refractivity contribution in [3.05, 3.63) is 58.1 Å². The average Bonchev–Trinajstić information content (AvgIpc) is 2.83. The van der Waals surface area contributed by atoms with E-state index in [9.17, 15) is 18.3 Å². The van der Waals surface area contributed by atoms with Gasteiger partial charge >= 0.3 is 5.97 Å². The molecule has 0 saturated carbocycles. The zero-order chi connectivity index (χ0) is 16.8. The van der Waals surface area contributed by atoms with Crippen LogP contribution in [0.15, 0.2) is 51.8 Å². The highest BCUT2D eigenvalue weighted by Crippen LogP contribution is 2.37. The Labute approximate surface area is 142 Å². The first-order valence-corrected chi connectivity index (χ1v) is 9.21. The predicted octanol–water partition coefficient (Wildman–Crippen LogP) is 3.29. The van der Waals surface area contributed by atoms with Crippen molar-refractivity contribution in [2.24, 2.45) is 0 Å². The molecule has 23 heavy (non-hydrogen) atoms. The van der Waals surface area contributed by atoms with Crippen molar-refractivity contribution in [1.82, 2.24) is 0 Å². The molecule has 1 aliphatic heterocycles. The Morgan fingerprint density at radius 1 is 1.26 bits per heavy atom. The first-order chi connectivity index (χ1) is 10.8. The molecule has 0 bridgehead atoms. The Morgan fingerprint density at radius 2 is 1.96 bits per heavy atom. The van der Waals surface area contributed by atoms with Gasteiger partial charge in [0, 0.05) is 10.5 Å². The second-order valence-electron chi connectivity index (χ2n) is 5.43. The van der Waals surface area contributed by atoms with Gasteiger partial charge in [-0.2, -0.15) is 0 Å². The van der Waals surface area contributed by atoms with Crippen LogP contribution in [0.1, 0.15) is 22.8 Å². The SMILES string of the molecule is C[C@H]1Cc2ccccc2N1S(=O)(=O)c1ccc(Br)c(C(=O)O)c1. The van der Waals surface area contributed by atoms with Crippen LogP contribution in [0.4, 0.5) is 5.69 Å². The van der Waals surface area contributed by atoms with E-state index in [1.807, 2.05) is 19.1 Å². The number of anilines is 1. The Bertz CT molecular complexity index is 895. The maximum atomic E-state index is 13.0. The highest BCUT2D eigenvalue weighted by Gasteiger charge is 2.36. The van der Waals surface area contributed by atoms with Crippen LogP contribution < -0.4 is 4.31 Å². The Kier molecular flexibility index (Phi) is 3.93. The molecule has 0 aliphatic carbocycles. The lowest BCUT2D eigenvalue weighted by atomic mass is 10.1. The number of aromatic carboxylic acids is 1. The lowest BCUT2D eigenvalue weighted by molar-refractivity contribution is 0.0695. The van der Waals surface area contributed by atoms with E-state index in [2.05, 4.69) is 15.9 Å². The molecule has 1 heterocycles. The Morgan fingerprint density at radius 3 is 2.65 bits per heavy atom. The van der Waals surface area contributed by atoms with E-state index >= 15 is 0 Å². The standard InChI is InChI=1S/C16H14BrNO4S/c1-10-8-11-4-2-3-5-15(11)18(10)23(21,22)12-6-7-14(17)13(9-12)16(19)20/h2-7,9-10H,8H2,1H3,(H,19,20)/t10-/m0/s1. The van der Waals surface area contributed by atoms with Gasteiger partial charge in [-0.05, 0) is 59.1 Å². The summed E-state index contributed by atoms with van der Waals surface area (Å²) in [5.74, 6) is -1.18. The maximum Gasteiger partial charge on any atom is 0.336 e. The summed E-state index contributed by atoms with van der Waals surface area (Å²) < 4.78 is 27.7. The quantitative estimate of drug-likeness (QED) is 0.864. The van der Waals surface area contributed by atoms with Gasteiger partial charge in [0.25, 0.3) is 10.0 Å². The van der Waals surface area contributed by atoms with Crippen molar-refractivity contribution in [3.8, 4) is 0 Å². The number of benzene rings is 2. The van der Waals surface area contributed by atoms with E-state index in [0.717, 1.165) is 5.56 Å². The lowest BCUT2D eigenvalue weighted by Gasteiger charge is -2.24. The minimum Gasteiger partial charge on any atom is -0.478 e. The smallest absolute Gasteiger partial charge is 0.336 e. The van der Waals surface area contributed by atoms with Crippen LogP contribution in [0.2, 0.25) is 0 Å². The van der Waals surface area contributed by atoms with Gasteiger partial charge in [-0.1, -0.05) is 18.2 Å². The van der Waals surface area contributed by atoms with E-state index in [0.29, 0.717) is 16.6 Å². The fraction of sp³-hybridized carbons (Fsp3) is 0.188. The molecular formula is C16H14BrNO4S. The summed E-state index contributed by atoms with van der Waals surface area (Å²) in [6, 6.07) is 11.2. The minimum atomic E-state index is -3.82. The van der Waals surface area contributed by atoms with Gasteiger partial charge in [0.2, 0.25) is 0 Å². The number of hydrogen-bond donors (Lipinski definition) is 1. The fourth-order valence-corrected chi connectivity index (χ4v) is 4.98. The van der Waals surface area contributed by atoms with Gasteiger partial charge in [-0.15, -0.1) is 0 Å². The van der Waals surface area contributed by atoms with Gasteiger partial charge in [-0.3, -0.25) is 4.31 Å². The molecule has 2 aromatic carbocycles. The molecule has 120 valence electrons. The van der Waals surface area contributed by atoms with Crippen molar-refractivity contribution >= 4 is 37.6 Å². The molecule has 0 fully saturated rings. The fourth-order valence-electron chi connectivity index (χ4n) is 2.85. The molecule has 5 nitrogen and oxygen atoms in total. The van der Waals surface area contributed by atoms with Crippen LogP contribution in [-0.2, 0) is 16.4 Å². The topological polar surface area (TPSA) is 74.7 Å². The summed E-state index contributed by atoms with van der Waals surface area (Å²) in [5.41, 5.74) is 1.55. The molecule has 2 aromatic rings. The molecule has 0 aromatic heterocycles. The molecule has 1 aliphatic rings. The monoisotopic (exact) mass is 395 g/mol. The van der Waals surface area contributed by atoms with Gasteiger partial charge in [0.1, 0.15) is 0 Å². The number of para-hydroxylation sites is 1. The first kappa shape index (κ1) is 16.0. The summed E-state index contributed by atoms with van der Waals surface area (Å²) >= 11 is 3.13. The number of hydrogen-bond acceptors (Lipinski definition) is 3. The van der Waals surface area contributed by atoms with E-state index in [1.54, 1.807) is 12.1 Å². The number of rotatable bonds is 3. The first-order valence-electron chi connectivity index (χ1n) is 6.97. The highest BCUT2D eigenvalue weighted by molar-refractivity contribution is 9.10. The van der Waals surface area contributed by atoms with Crippen LogP contribution in [0.25, 0.3) is 0 Å². The molecule has 1 atom stereocenters. The van der Waals surface area contributed by atoms with Crippen molar-refractivity contribution in [1.29, 1.82) is 0 Å². The number of nitrogens with zero attached hydrogens (tertiary/aromatic N) is 1. The summed E-state index contributed by atoms with van der Waals surface area (Å²) in [6.07, 6.45) is 0.637. The van der Waals surface area contributed by atoms with E-state index in [4.69, 9.17) is 0 Å². The maximum absolute atomic E-state index is 13.0. The summed E-state index contributed by atoms with van der Waals surface area (Å²) in [5, 5.41) is 9.19. The molecule has 0 unspecified atom stereocenters. The third kappa shape index (κ3) is 2.64. The molecule has 1 N–H and O–H groups in total. The Balaban J connectivity index is 2.13. The molecule has 0 saturated heterocycles. The molecule has 3 rings (SSSR count). The second kappa shape index (κ2) is 5.65. The van der Waals surface area contributed by atoms with E-state index in [1.165, 1.54) is 22.5 Å². The number of carboxylic acids is 1. The summed E-state index contributed by atoms with van der Waals surface area (Å²) in [4.78, 5) is 11.2. The zero-order valence-electron chi connectivity index (χ0n) is 12.2. The number of carboxylic acid groups (broad SMARTS) is 1. The molecule has 7 heteroatoms. The highest BCUT2D eigenvalue weighted by atomic mass is 79.9. The van der Waals surface area contributed by atoms with Crippen molar-refractivity contribution < 1.29 is 18.3 Å². The normalized spacial score (nSPS) is 17.1. The van der Waals surface area contributed by atoms with Gasteiger partial charge < -0.3 is 5.11 Å².